The van der Waals surface area contributed by atoms with Gasteiger partial charge >= 0.3 is 6.36 Å². The summed E-state index contributed by atoms with van der Waals surface area (Å²) in [5.74, 6) is 0.302. The number of nitrogens with zero attached hydrogens (tertiary/aromatic N) is 1. The Morgan fingerprint density at radius 3 is 2.71 bits per heavy atom. The lowest BCUT2D eigenvalue weighted by Gasteiger charge is -2.10. The topological polar surface area (TPSA) is 84.1 Å². The van der Waals surface area contributed by atoms with Crippen LogP contribution < -0.4 is 15.6 Å². The number of hydrogen-bond donors (Lipinski definition) is 2. The highest BCUT2D eigenvalue weighted by Crippen LogP contribution is 2.33. The summed E-state index contributed by atoms with van der Waals surface area (Å²) in [4.78, 5) is 34.0. The minimum Gasteiger partial charge on any atom is -0.406 e. The van der Waals surface area contributed by atoms with Crippen LogP contribution in [0, 0.1) is 0 Å². The lowest BCUT2D eigenvalue weighted by molar-refractivity contribution is -0.274. The zero-order chi connectivity index (χ0) is 22.0. The van der Waals surface area contributed by atoms with Crippen molar-refractivity contribution in [3.8, 4) is 5.75 Å². The van der Waals surface area contributed by atoms with Crippen molar-refractivity contribution in [2.75, 3.05) is 11.1 Å². The fraction of sp³-hybridized carbons (Fsp3) is 0.350. The van der Waals surface area contributed by atoms with Gasteiger partial charge in [0.2, 0.25) is 5.91 Å². The molecule has 4 rings (SSSR count). The van der Waals surface area contributed by atoms with Gasteiger partial charge in [0, 0.05) is 10.6 Å². The second kappa shape index (κ2) is 8.91. The Balaban J connectivity index is 1.32. The Labute approximate surface area is 183 Å². The Kier molecular flexibility index (Phi) is 6.24. The number of rotatable bonds is 6. The number of fused-ring (bicyclic) bond motifs is 3. The van der Waals surface area contributed by atoms with Crippen LogP contribution in [-0.4, -0.2) is 28.0 Å². The van der Waals surface area contributed by atoms with E-state index in [-0.39, 0.29) is 23.0 Å². The molecule has 0 spiro atoms. The van der Waals surface area contributed by atoms with Gasteiger partial charge in [-0.15, -0.1) is 36.3 Å². The number of halogens is 3. The van der Waals surface area contributed by atoms with Crippen molar-refractivity contribution in [1.29, 1.82) is 0 Å². The number of aromatic amines is 1. The molecule has 0 radical (unpaired) electrons. The molecule has 1 aromatic carbocycles. The van der Waals surface area contributed by atoms with E-state index in [1.807, 2.05) is 0 Å². The molecular formula is C20H18F3N3O3S2. The van der Waals surface area contributed by atoms with Gasteiger partial charge in [-0.3, -0.25) is 9.59 Å². The third-order valence-corrected chi connectivity index (χ3v) is 6.85. The number of hydrogen-bond acceptors (Lipinski definition) is 6. The number of H-pyrrole nitrogens is 1. The molecule has 0 fully saturated rings. The number of benzene rings is 1. The minimum atomic E-state index is -4.76. The maximum absolute atomic E-state index is 12.5. The van der Waals surface area contributed by atoms with Crippen molar-refractivity contribution >= 4 is 44.9 Å². The quantitative estimate of drug-likeness (QED) is 0.550. The Hall–Kier alpha value is -2.53. The normalized spacial score (nSPS) is 13.8. The molecular weight excluding hydrogens is 451 g/mol. The molecule has 0 bridgehead atoms. The molecule has 11 heteroatoms. The van der Waals surface area contributed by atoms with Crippen molar-refractivity contribution < 1.29 is 22.7 Å². The van der Waals surface area contributed by atoms with Gasteiger partial charge in [-0.1, -0.05) is 0 Å². The Bertz CT molecular complexity index is 1160. The van der Waals surface area contributed by atoms with Crippen molar-refractivity contribution in [3.05, 3.63) is 50.9 Å². The van der Waals surface area contributed by atoms with E-state index < -0.39 is 6.36 Å². The van der Waals surface area contributed by atoms with Gasteiger partial charge in [0.05, 0.1) is 16.9 Å². The van der Waals surface area contributed by atoms with Crippen molar-refractivity contribution in [2.45, 2.75) is 37.8 Å². The molecule has 0 saturated heterocycles. The van der Waals surface area contributed by atoms with E-state index in [2.05, 4.69) is 20.0 Å². The Morgan fingerprint density at radius 1 is 1.23 bits per heavy atom. The molecule has 0 aliphatic heterocycles. The maximum atomic E-state index is 12.5. The van der Waals surface area contributed by atoms with E-state index in [0.29, 0.717) is 22.7 Å². The SMILES string of the molecule is O=C(CSCc1nc2sc3c(c2c(=O)[nH]1)CCCC3)Nc1ccc(OC(F)(F)F)cc1. The molecule has 0 saturated carbocycles. The van der Waals surface area contributed by atoms with Crippen LogP contribution in [0.1, 0.15) is 29.1 Å². The second-order valence-corrected chi connectivity index (χ2v) is 9.09. The summed E-state index contributed by atoms with van der Waals surface area (Å²) in [6.45, 7) is 0. The molecule has 0 unspecified atom stereocenters. The molecule has 164 valence electrons. The summed E-state index contributed by atoms with van der Waals surface area (Å²) < 4.78 is 40.3. The average molecular weight is 470 g/mol. The van der Waals surface area contributed by atoms with Crippen LogP contribution in [0.3, 0.4) is 0 Å². The summed E-state index contributed by atoms with van der Waals surface area (Å²) in [7, 11) is 0. The highest BCUT2D eigenvalue weighted by molar-refractivity contribution is 7.99. The van der Waals surface area contributed by atoms with Gasteiger partial charge in [-0.2, -0.15) is 0 Å². The van der Waals surface area contributed by atoms with E-state index in [1.54, 1.807) is 11.3 Å². The molecule has 0 atom stereocenters. The predicted molar refractivity (Wildman–Crippen MR) is 115 cm³/mol. The van der Waals surface area contributed by atoms with Crippen molar-refractivity contribution in [2.24, 2.45) is 0 Å². The largest absolute Gasteiger partial charge is 0.573 e. The fourth-order valence-electron chi connectivity index (χ4n) is 3.45. The highest BCUT2D eigenvalue weighted by atomic mass is 32.2. The average Bonchev–Trinajstić information content (AvgIpc) is 3.07. The third kappa shape index (κ3) is 5.40. The molecule has 2 aromatic heterocycles. The summed E-state index contributed by atoms with van der Waals surface area (Å²) in [6, 6.07) is 4.91. The number of carbonyl (C=O) groups is 1. The predicted octanol–water partition coefficient (Wildman–Crippen LogP) is 4.63. The first-order chi connectivity index (χ1) is 14.8. The summed E-state index contributed by atoms with van der Waals surface area (Å²) >= 11 is 2.86. The monoisotopic (exact) mass is 469 g/mol. The van der Waals surface area contributed by atoms with Crippen molar-refractivity contribution in [1.82, 2.24) is 9.97 Å². The van der Waals surface area contributed by atoms with E-state index >= 15 is 0 Å². The van der Waals surface area contributed by atoms with Crippen LogP contribution in [-0.2, 0) is 23.4 Å². The van der Waals surface area contributed by atoms with E-state index in [9.17, 15) is 22.8 Å². The summed E-state index contributed by atoms with van der Waals surface area (Å²) in [5.41, 5.74) is 1.35. The molecule has 1 aliphatic carbocycles. The smallest absolute Gasteiger partial charge is 0.406 e. The number of carbonyl (C=O) groups excluding carboxylic acids is 1. The first-order valence-corrected chi connectivity index (χ1v) is 11.5. The molecule has 2 N–H and O–H groups in total. The number of thiophene rings is 1. The number of aromatic nitrogens is 2. The van der Waals surface area contributed by atoms with Crippen LogP contribution in [0.25, 0.3) is 10.2 Å². The van der Waals surface area contributed by atoms with Crippen LogP contribution in [0.4, 0.5) is 18.9 Å². The van der Waals surface area contributed by atoms with Gasteiger partial charge in [0.15, 0.2) is 0 Å². The standard InChI is InChI=1S/C20H18F3N3O3S2/c21-20(22,23)29-12-7-5-11(6-8-12)24-16(27)10-30-9-15-25-18(28)17-13-3-1-2-4-14(13)31-19(17)26-15/h5-8H,1-4,9-10H2,(H,24,27)(H,25,26,28). The molecule has 1 aliphatic rings. The van der Waals surface area contributed by atoms with Gasteiger partial charge in [-0.25, -0.2) is 4.98 Å². The molecule has 31 heavy (non-hydrogen) atoms. The molecule has 1 amide bonds. The second-order valence-electron chi connectivity index (χ2n) is 7.02. The van der Waals surface area contributed by atoms with Crippen LogP contribution in [0.2, 0.25) is 0 Å². The number of alkyl halides is 3. The van der Waals surface area contributed by atoms with E-state index in [4.69, 9.17) is 0 Å². The van der Waals surface area contributed by atoms with Crippen LogP contribution in [0.15, 0.2) is 29.1 Å². The zero-order valence-electron chi connectivity index (χ0n) is 16.2. The van der Waals surface area contributed by atoms with Crippen LogP contribution >= 0.6 is 23.1 Å². The van der Waals surface area contributed by atoms with Gasteiger partial charge in [0.25, 0.3) is 5.56 Å². The lowest BCUT2D eigenvalue weighted by atomic mass is 9.97. The number of anilines is 1. The summed E-state index contributed by atoms with van der Waals surface area (Å²) in [5, 5.41) is 3.30. The first-order valence-electron chi connectivity index (χ1n) is 9.55. The van der Waals surface area contributed by atoms with Gasteiger partial charge in [-0.05, 0) is 55.5 Å². The Morgan fingerprint density at radius 2 is 1.97 bits per heavy atom. The van der Waals surface area contributed by atoms with E-state index in [1.165, 1.54) is 28.8 Å². The van der Waals surface area contributed by atoms with Gasteiger partial charge < -0.3 is 15.0 Å². The van der Waals surface area contributed by atoms with E-state index in [0.717, 1.165) is 48.2 Å². The molecule has 2 heterocycles. The third-order valence-electron chi connectivity index (χ3n) is 4.72. The number of ether oxygens (including phenoxy) is 1. The summed E-state index contributed by atoms with van der Waals surface area (Å²) in [6.07, 6.45) is -0.639. The number of thioether (sulfide) groups is 1. The highest BCUT2D eigenvalue weighted by Gasteiger charge is 2.31. The minimum absolute atomic E-state index is 0.101. The number of aryl methyl sites for hydroxylation is 2. The fourth-order valence-corrected chi connectivity index (χ4v) is 5.42. The number of amides is 1. The van der Waals surface area contributed by atoms with Crippen LogP contribution in [0.5, 0.6) is 5.75 Å². The molecule has 3 aromatic rings. The van der Waals surface area contributed by atoms with Gasteiger partial charge in [0.1, 0.15) is 16.4 Å². The zero-order valence-corrected chi connectivity index (χ0v) is 17.8. The van der Waals surface area contributed by atoms with Crippen molar-refractivity contribution in [3.63, 3.8) is 0 Å². The maximum Gasteiger partial charge on any atom is 0.573 e. The lowest BCUT2D eigenvalue weighted by Crippen LogP contribution is -2.17. The first kappa shape index (κ1) is 21.7. The number of nitrogens with one attached hydrogen (secondary N) is 2. The molecule has 6 nitrogen and oxygen atoms in total.